The molecule has 1 atom stereocenters. The summed E-state index contributed by atoms with van der Waals surface area (Å²) >= 11 is 1.69. The summed E-state index contributed by atoms with van der Waals surface area (Å²) in [5.74, 6) is 1.43. The highest BCUT2D eigenvalue weighted by Gasteiger charge is 2.11. The van der Waals surface area contributed by atoms with Crippen LogP contribution in [0, 0.1) is 6.92 Å². The first-order valence-corrected chi connectivity index (χ1v) is 6.31. The zero-order valence-corrected chi connectivity index (χ0v) is 10.9. The molecule has 0 aliphatic rings. The molecule has 2 aromatic heterocycles. The number of ether oxygens (including phenoxy) is 1. The maximum absolute atomic E-state index is 5.17. The van der Waals surface area contributed by atoms with Gasteiger partial charge >= 0.3 is 0 Å². The summed E-state index contributed by atoms with van der Waals surface area (Å²) in [6.07, 6.45) is 1.51. The minimum absolute atomic E-state index is 0.222. The van der Waals surface area contributed by atoms with Crippen LogP contribution < -0.4 is 10.1 Å². The van der Waals surface area contributed by atoms with Gasteiger partial charge in [0.1, 0.15) is 12.1 Å². The van der Waals surface area contributed by atoms with Gasteiger partial charge in [-0.2, -0.15) is 11.3 Å². The van der Waals surface area contributed by atoms with E-state index in [1.54, 1.807) is 18.4 Å². The lowest BCUT2D eigenvalue weighted by Gasteiger charge is -2.15. The third-order valence-electron chi connectivity index (χ3n) is 2.63. The summed E-state index contributed by atoms with van der Waals surface area (Å²) in [4.78, 5) is 8.29. The number of aromatic nitrogens is 2. The molecule has 2 rings (SSSR count). The van der Waals surface area contributed by atoms with E-state index in [1.165, 1.54) is 11.9 Å². The molecule has 90 valence electrons. The maximum Gasteiger partial charge on any atom is 0.221 e. The molecule has 0 aliphatic carbocycles. The highest BCUT2D eigenvalue weighted by Crippen LogP contribution is 2.25. The van der Waals surface area contributed by atoms with Gasteiger partial charge in [0.2, 0.25) is 5.88 Å². The number of rotatable bonds is 4. The van der Waals surface area contributed by atoms with Crippen molar-refractivity contribution in [2.75, 3.05) is 12.4 Å². The van der Waals surface area contributed by atoms with Crippen LogP contribution in [-0.4, -0.2) is 17.1 Å². The standard InChI is InChI=1S/C12H15N3OS/c1-8-11(13-7-14-12(8)16-3)15-9(2)10-4-5-17-6-10/h4-7,9H,1-3H3,(H,13,14,15). The second kappa shape index (κ2) is 5.14. The number of hydrogen-bond acceptors (Lipinski definition) is 5. The third-order valence-corrected chi connectivity index (χ3v) is 3.33. The minimum atomic E-state index is 0.222. The van der Waals surface area contributed by atoms with Crippen molar-refractivity contribution in [3.05, 3.63) is 34.3 Å². The number of nitrogens with one attached hydrogen (secondary N) is 1. The van der Waals surface area contributed by atoms with E-state index in [2.05, 4.69) is 39.0 Å². The van der Waals surface area contributed by atoms with E-state index in [4.69, 9.17) is 4.74 Å². The molecule has 1 N–H and O–H groups in total. The van der Waals surface area contributed by atoms with Gasteiger partial charge in [0.15, 0.2) is 0 Å². The molecule has 0 aromatic carbocycles. The molecule has 2 heterocycles. The van der Waals surface area contributed by atoms with E-state index < -0.39 is 0 Å². The first-order valence-electron chi connectivity index (χ1n) is 5.36. The zero-order valence-electron chi connectivity index (χ0n) is 10.1. The van der Waals surface area contributed by atoms with Crippen LogP contribution in [0.4, 0.5) is 5.82 Å². The van der Waals surface area contributed by atoms with Gasteiger partial charge in [0.25, 0.3) is 0 Å². The van der Waals surface area contributed by atoms with Crippen molar-refractivity contribution in [2.45, 2.75) is 19.9 Å². The number of anilines is 1. The minimum Gasteiger partial charge on any atom is -0.481 e. The fraction of sp³-hybridized carbons (Fsp3) is 0.333. The van der Waals surface area contributed by atoms with Crippen LogP contribution in [0.5, 0.6) is 5.88 Å². The van der Waals surface area contributed by atoms with E-state index in [0.717, 1.165) is 11.4 Å². The van der Waals surface area contributed by atoms with Crippen molar-refractivity contribution in [2.24, 2.45) is 0 Å². The number of hydrogen-bond donors (Lipinski definition) is 1. The predicted octanol–water partition coefficient (Wildman–Crippen LogP) is 3.03. The number of nitrogens with zero attached hydrogens (tertiary/aromatic N) is 2. The van der Waals surface area contributed by atoms with Gasteiger partial charge in [0.05, 0.1) is 18.7 Å². The molecule has 17 heavy (non-hydrogen) atoms. The van der Waals surface area contributed by atoms with Crippen LogP contribution in [0.2, 0.25) is 0 Å². The Morgan fingerprint density at radius 3 is 2.88 bits per heavy atom. The highest BCUT2D eigenvalue weighted by atomic mass is 32.1. The molecule has 0 bridgehead atoms. The van der Waals surface area contributed by atoms with Gasteiger partial charge in [-0.1, -0.05) is 0 Å². The van der Waals surface area contributed by atoms with Crippen molar-refractivity contribution < 1.29 is 4.74 Å². The summed E-state index contributed by atoms with van der Waals surface area (Å²) in [5, 5.41) is 7.56. The summed E-state index contributed by atoms with van der Waals surface area (Å²) in [7, 11) is 1.61. The summed E-state index contributed by atoms with van der Waals surface area (Å²) in [5.41, 5.74) is 2.18. The monoisotopic (exact) mass is 249 g/mol. The second-order valence-electron chi connectivity index (χ2n) is 3.78. The lowest BCUT2D eigenvalue weighted by molar-refractivity contribution is 0.393. The zero-order chi connectivity index (χ0) is 12.3. The molecule has 0 fully saturated rings. The average molecular weight is 249 g/mol. The molecule has 0 saturated carbocycles. The lowest BCUT2D eigenvalue weighted by Crippen LogP contribution is -2.09. The van der Waals surface area contributed by atoms with Crippen molar-refractivity contribution in [1.29, 1.82) is 0 Å². The van der Waals surface area contributed by atoms with Gasteiger partial charge in [-0.25, -0.2) is 9.97 Å². The Bertz CT molecular complexity index is 485. The van der Waals surface area contributed by atoms with Crippen LogP contribution in [0.15, 0.2) is 23.2 Å². The van der Waals surface area contributed by atoms with E-state index in [9.17, 15) is 0 Å². The van der Waals surface area contributed by atoms with Gasteiger partial charge in [-0.3, -0.25) is 0 Å². The summed E-state index contributed by atoms with van der Waals surface area (Å²) in [6, 6.07) is 2.33. The SMILES string of the molecule is COc1ncnc(NC(C)c2ccsc2)c1C. The Balaban J connectivity index is 2.19. The Labute approximate surface area is 105 Å². The normalized spacial score (nSPS) is 12.2. The molecule has 0 aliphatic heterocycles. The Morgan fingerprint density at radius 2 is 2.24 bits per heavy atom. The van der Waals surface area contributed by atoms with Crippen LogP contribution >= 0.6 is 11.3 Å². The molecule has 0 radical (unpaired) electrons. The Morgan fingerprint density at radius 1 is 1.41 bits per heavy atom. The van der Waals surface area contributed by atoms with Crippen molar-refractivity contribution in [3.63, 3.8) is 0 Å². The Kier molecular flexibility index (Phi) is 3.58. The van der Waals surface area contributed by atoms with Gasteiger partial charge in [-0.05, 0) is 36.2 Å². The maximum atomic E-state index is 5.17. The van der Waals surface area contributed by atoms with Crippen molar-refractivity contribution in [1.82, 2.24) is 9.97 Å². The fourth-order valence-electron chi connectivity index (χ4n) is 1.60. The van der Waals surface area contributed by atoms with Crippen LogP contribution in [-0.2, 0) is 0 Å². The highest BCUT2D eigenvalue weighted by molar-refractivity contribution is 7.07. The number of thiophene rings is 1. The van der Waals surface area contributed by atoms with Crippen LogP contribution in [0.3, 0.4) is 0 Å². The molecule has 5 heteroatoms. The molecular formula is C12H15N3OS. The van der Waals surface area contributed by atoms with Crippen LogP contribution in [0.1, 0.15) is 24.1 Å². The summed E-state index contributed by atoms with van der Waals surface area (Å²) in [6.45, 7) is 4.05. The lowest BCUT2D eigenvalue weighted by atomic mass is 10.2. The van der Waals surface area contributed by atoms with Gasteiger partial charge in [-0.15, -0.1) is 0 Å². The third kappa shape index (κ3) is 2.55. The first-order chi connectivity index (χ1) is 8.22. The average Bonchev–Trinajstić information content (AvgIpc) is 2.85. The van der Waals surface area contributed by atoms with Gasteiger partial charge in [0, 0.05) is 0 Å². The molecular weight excluding hydrogens is 234 g/mol. The van der Waals surface area contributed by atoms with E-state index >= 15 is 0 Å². The molecule has 0 saturated heterocycles. The Hall–Kier alpha value is -1.62. The molecule has 0 spiro atoms. The van der Waals surface area contributed by atoms with Gasteiger partial charge < -0.3 is 10.1 Å². The first kappa shape index (κ1) is 11.9. The van der Waals surface area contributed by atoms with Crippen LogP contribution in [0.25, 0.3) is 0 Å². The molecule has 2 aromatic rings. The predicted molar refractivity (Wildman–Crippen MR) is 69.7 cm³/mol. The number of methoxy groups -OCH3 is 1. The fourth-order valence-corrected chi connectivity index (χ4v) is 2.35. The van der Waals surface area contributed by atoms with E-state index in [-0.39, 0.29) is 6.04 Å². The molecule has 4 nitrogen and oxygen atoms in total. The van der Waals surface area contributed by atoms with Crippen molar-refractivity contribution in [3.8, 4) is 5.88 Å². The molecule has 1 unspecified atom stereocenters. The van der Waals surface area contributed by atoms with E-state index in [0.29, 0.717) is 5.88 Å². The molecule has 0 amide bonds. The summed E-state index contributed by atoms with van der Waals surface area (Å²) < 4.78 is 5.17. The van der Waals surface area contributed by atoms with E-state index in [1.807, 2.05) is 6.92 Å². The second-order valence-corrected chi connectivity index (χ2v) is 4.56. The smallest absolute Gasteiger partial charge is 0.221 e. The quantitative estimate of drug-likeness (QED) is 0.904. The largest absolute Gasteiger partial charge is 0.481 e. The van der Waals surface area contributed by atoms with Crippen molar-refractivity contribution >= 4 is 17.2 Å². The topological polar surface area (TPSA) is 47.0 Å².